The van der Waals surface area contributed by atoms with Gasteiger partial charge in [0, 0.05) is 17.7 Å². The number of aromatic nitrogens is 2. The largest absolute Gasteiger partial charge is 0.471 e. The second-order valence-electron chi connectivity index (χ2n) is 6.62. The van der Waals surface area contributed by atoms with Gasteiger partial charge >= 0.3 is 12.1 Å². The first-order valence-electron chi connectivity index (χ1n) is 8.74. The molecule has 2 aromatic carbocycles. The molecule has 0 spiro atoms. The van der Waals surface area contributed by atoms with Crippen molar-refractivity contribution in [2.24, 2.45) is 0 Å². The highest BCUT2D eigenvalue weighted by Crippen LogP contribution is 2.31. The Hall–Kier alpha value is -3.16. The minimum atomic E-state index is -4.69. The van der Waals surface area contributed by atoms with Crippen LogP contribution in [0, 0.1) is 0 Å². The number of rotatable bonds is 2. The van der Waals surface area contributed by atoms with Crippen LogP contribution in [0.1, 0.15) is 40.3 Å². The zero-order valence-corrected chi connectivity index (χ0v) is 14.9. The number of fused-ring (bicyclic) bond motifs is 1. The lowest BCUT2D eigenvalue weighted by atomic mass is 9.93. The number of halogens is 3. The average Bonchev–Trinajstić information content (AvgIpc) is 3.19. The Labute approximate surface area is 158 Å². The topological polar surface area (TPSA) is 59.2 Å². The van der Waals surface area contributed by atoms with Crippen LogP contribution in [0.25, 0.3) is 11.4 Å². The third kappa shape index (κ3) is 3.26. The lowest BCUT2D eigenvalue weighted by Gasteiger charge is -2.35. The summed E-state index contributed by atoms with van der Waals surface area (Å²) in [4.78, 5) is 18.1. The minimum Gasteiger partial charge on any atom is -0.332 e. The van der Waals surface area contributed by atoms with E-state index in [0.717, 1.165) is 12.0 Å². The van der Waals surface area contributed by atoms with E-state index in [4.69, 9.17) is 0 Å². The van der Waals surface area contributed by atoms with Crippen molar-refractivity contribution in [1.82, 2.24) is 15.0 Å². The molecule has 1 aliphatic heterocycles. The van der Waals surface area contributed by atoms with Crippen molar-refractivity contribution in [3.05, 3.63) is 71.1 Å². The molecule has 1 aromatic heterocycles. The van der Waals surface area contributed by atoms with Gasteiger partial charge in [-0.25, -0.2) is 0 Å². The molecule has 0 bridgehead atoms. The molecule has 0 saturated carbocycles. The van der Waals surface area contributed by atoms with E-state index in [2.05, 4.69) is 20.7 Å². The molecule has 28 heavy (non-hydrogen) atoms. The summed E-state index contributed by atoms with van der Waals surface area (Å²) in [6, 6.07) is 14.1. The SMILES string of the molecule is CC1c2ccccc2CCN1C(=O)c1ccc(-c2noc(C(F)(F)F)n2)cc1. The van der Waals surface area contributed by atoms with Crippen molar-refractivity contribution in [2.45, 2.75) is 25.6 Å². The van der Waals surface area contributed by atoms with Crippen LogP contribution in [0.15, 0.2) is 53.1 Å². The van der Waals surface area contributed by atoms with Crippen LogP contribution in [-0.4, -0.2) is 27.5 Å². The third-order valence-corrected chi connectivity index (χ3v) is 4.91. The van der Waals surface area contributed by atoms with Crippen molar-refractivity contribution in [3.8, 4) is 11.4 Å². The number of hydrogen-bond acceptors (Lipinski definition) is 4. The molecule has 1 atom stereocenters. The smallest absolute Gasteiger partial charge is 0.332 e. The predicted octanol–water partition coefficient (Wildman–Crippen LogP) is 4.51. The first-order valence-corrected chi connectivity index (χ1v) is 8.74. The molecule has 0 saturated heterocycles. The Balaban J connectivity index is 1.54. The summed E-state index contributed by atoms with van der Waals surface area (Å²) in [6.07, 6.45) is -3.91. The minimum absolute atomic E-state index is 0.0522. The maximum absolute atomic E-state index is 12.9. The van der Waals surface area contributed by atoms with Crippen molar-refractivity contribution in [3.63, 3.8) is 0 Å². The molecule has 1 amide bonds. The summed E-state index contributed by atoms with van der Waals surface area (Å²) in [5, 5.41) is 3.35. The third-order valence-electron chi connectivity index (χ3n) is 4.91. The highest BCUT2D eigenvalue weighted by Gasteiger charge is 2.38. The van der Waals surface area contributed by atoms with Gasteiger partial charge in [-0.15, -0.1) is 0 Å². The van der Waals surface area contributed by atoms with E-state index in [1.807, 2.05) is 25.1 Å². The fourth-order valence-corrected chi connectivity index (χ4v) is 3.43. The lowest BCUT2D eigenvalue weighted by Crippen LogP contribution is -2.38. The number of carbonyl (C=O) groups is 1. The Morgan fingerprint density at radius 1 is 1.14 bits per heavy atom. The maximum Gasteiger partial charge on any atom is 0.471 e. The fraction of sp³-hybridized carbons (Fsp3) is 0.250. The normalized spacial score (nSPS) is 16.7. The standard InChI is InChI=1S/C20H16F3N3O2/c1-12-16-5-3-2-4-13(16)10-11-26(12)18(27)15-8-6-14(7-9-15)17-24-19(28-25-17)20(21,22)23/h2-9,12H,10-11H2,1H3. The second-order valence-corrected chi connectivity index (χ2v) is 6.62. The first kappa shape index (κ1) is 18.2. The van der Waals surface area contributed by atoms with Gasteiger partial charge in [0.2, 0.25) is 5.82 Å². The first-order chi connectivity index (χ1) is 13.3. The highest BCUT2D eigenvalue weighted by atomic mass is 19.4. The van der Waals surface area contributed by atoms with E-state index in [1.165, 1.54) is 17.7 Å². The van der Waals surface area contributed by atoms with E-state index in [0.29, 0.717) is 17.7 Å². The Kier molecular flexibility index (Phi) is 4.41. The Morgan fingerprint density at radius 2 is 1.86 bits per heavy atom. The lowest BCUT2D eigenvalue weighted by molar-refractivity contribution is -0.159. The molecule has 144 valence electrons. The quantitative estimate of drug-likeness (QED) is 0.649. The van der Waals surface area contributed by atoms with Gasteiger partial charge < -0.3 is 9.42 Å². The number of alkyl halides is 3. The molecule has 5 nitrogen and oxygen atoms in total. The van der Waals surface area contributed by atoms with Crippen LogP contribution in [0.4, 0.5) is 13.2 Å². The molecule has 1 aliphatic rings. The van der Waals surface area contributed by atoms with Gasteiger partial charge in [-0.1, -0.05) is 41.6 Å². The summed E-state index contributed by atoms with van der Waals surface area (Å²) < 4.78 is 42.0. The molecular formula is C20H16F3N3O2. The van der Waals surface area contributed by atoms with E-state index < -0.39 is 12.1 Å². The number of nitrogens with zero attached hydrogens (tertiary/aromatic N) is 3. The van der Waals surface area contributed by atoms with E-state index in [1.54, 1.807) is 17.0 Å². The summed E-state index contributed by atoms with van der Waals surface area (Å²) in [7, 11) is 0. The van der Waals surface area contributed by atoms with Crippen LogP contribution in [0.2, 0.25) is 0 Å². The Morgan fingerprint density at radius 3 is 2.54 bits per heavy atom. The molecule has 8 heteroatoms. The molecule has 0 fully saturated rings. The van der Waals surface area contributed by atoms with Crippen molar-refractivity contribution in [2.75, 3.05) is 6.54 Å². The summed E-state index contributed by atoms with van der Waals surface area (Å²) in [5.74, 6) is -1.70. The number of benzene rings is 2. The van der Waals surface area contributed by atoms with Crippen molar-refractivity contribution >= 4 is 5.91 Å². The van der Waals surface area contributed by atoms with E-state index >= 15 is 0 Å². The van der Waals surface area contributed by atoms with Crippen molar-refractivity contribution in [1.29, 1.82) is 0 Å². The van der Waals surface area contributed by atoms with Crippen LogP contribution >= 0.6 is 0 Å². The summed E-state index contributed by atoms with van der Waals surface area (Å²) in [5.41, 5.74) is 3.17. The van der Waals surface area contributed by atoms with Crippen LogP contribution < -0.4 is 0 Å². The Bertz CT molecular complexity index is 1010. The molecule has 3 aromatic rings. The average molecular weight is 387 g/mol. The van der Waals surface area contributed by atoms with Gasteiger partial charge in [0.15, 0.2) is 0 Å². The molecule has 4 rings (SSSR count). The molecule has 0 aliphatic carbocycles. The van der Waals surface area contributed by atoms with Crippen LogP contribution in [0.5, 0.6) is 0 Å². The van der Waals surface area contributed by atoms with Gasteiger partial charge in [0.05, 0.1) is 6.04 Å². The number of carbonyl (C=O) groups excluding carboxylic acids is 1. The van der Waals surface area contributed by atoms with Gasteiger partial charge in [-0.3, -0.25) is 4.79 Å². The number of hydrogen-bond donors (Lipinski definition) is 0. The highest BCUT2D eigenvalue weighted by molar-refractivity contribution is 5.95. The molecule has 0 radical (unpaired) electrons. The summed E-state index contributed by atoms with van der Waals surface area (Å²) in [6.45, 7) is 2.60. The molecule has 0 N–H and O–H groups in total. The zero-order chi connectivity index (χ0) is 19.9. The van der Waals surface area contributed by atoms with Gasteiger partial charge in [-0.05, 0) is 36.6 Å². The number of amides is 1. The maximum atomic E-state index is 12.9. The molecule has 1 unspecified atom stereocenters. The molecule has 2 heterocycles. The van der Waals surface area contributed by atoms with Crippen molar-refractivity contribution < 1.29 is 22.5 Å². The van der Waals surface area contributed by atoms with Crippen LogP contribution in [0.3, 0.4) is 0 Å². The zero-order valence-electron chi connectivity index (χ0n) is 14.9. The van der Waals surface area contributed by atoms with Gasteiger partial charge in [0.1, 0.15) is 0 Å². The monoisotopic (exact) mass is 387 g/mol. The summed E-state index contributed by atoms with van der Waals surface area (Å²) >= 11 is 0. The molecular weight excluding hydrogens is 371 g/mol. The van der Waals surface area contributed by atoms with Crippen LogP contribution in [-0.2, 0) is 12.6 Å². The predicted molar refractivity (Wildman–Crippen MR) is 94.3 cm³/mol. The van der Waals surface area contributed by atoms with Gasteiger partial charge in [-0.2, -0.15) is 18.2 Å². The van der Waals surface area contributed by atoms with E-state index in [9.17, 15) is 18.0 Å². The van der Waals surface area contributed by atoms with Gasteiger partial charge in [0.25, 0.3) is 5.91 Å². The fourth-order valence-electron chi connectivity index (χ4n) is 3.43. The van der Waals surface area contributed by atoms with E-state index in [-0.39, 0.29) is 17.8 Å². The second kappa shape index (κ2) is 6.78.